The molecule has 0 amide bonds. The highest BCUT2D eigenvalue weighted by atomic mass is 16.4. The Balaban J connectivity index is 2.57. The topological polar surface area (TPSA) is 66.6 Å². The average Bonchev–Trinajstić information content (AvgIpc) is 2.59. The molecule has 2 rings (SSSR count). The molecule has 0 aliphatic rings. The lowest BCUT2D eigenvalue weighted by atomic mass is 10.2. The van der Waals surface area contributed by atoms with Crippen molar-refractivity contribution in [3.8, 4) is 0 Å². The number of hydrogen-bond donors (Lipinski definition) is 1. The number of carbonyl (C=O) groups is 1. The number of oxazole rings is 1. The minimum absolute atomic E-state index is 0.198. The lowest BCUT2D eigenvalue weighted by Gasteiger charge is -2.03. The maximum absolute atomic E-state index is 10.7. The minimum Gasteiger partial charge on any atom is -0.478 e. The molecule has 5 heteroatoms. The van der Waals surface area contributed by atoms with Crippen molar-refractivity contribution in [1.82, 2.24) is 4.98 Å². The van der Waals surface area contributed by atoms with Crippen LogP contribution in [0.1, 0.15) is 10.4 Å². The normalized spacial score (nSPS) is 10.5. The monoisotopic (exact) mass is 206 g/mol. The molecule has 0 bridgehead atoms. The lowest BCUT2D eigenvalue weighted by Crippen LogP contribution is -2.08. The van der Waals surface area contributed by atoms with Crippen LogP contribution in [0.2, 0.25) is 0 Å². The second-order valence-electron chi connectivity index (χ2n) is 3.38. The molecule has 0 atom stereocenters. The van der Waals surface area contributed by atoms with E-state index in [0.29, 0.717) is 17.1 Å². The van der Waals surface area contributed by atoms with Crippen molar-refractivity contribution >= 4 is 23.1 Å². The highest BCUT2D eigenvalue weighted by Gasteiger charge is 2.10. The first-order valence-electron chi connectivity index (χ1n) is 4.39. The van der Waals surface area contributed by atoms with Crippen molar-refractivity contribution in [2.45, 2.75) is 0 Å². The van der Waals surface area contributed by atoms with Crippen molar-refractivity contribution in [2.24, 2.45) is 0 Å². The smallest absolute Gasteiger partial charge is 0.335 e. The van der Waals surface area contributed by atoms with Crippen molar-refractivity contribution in [2.75, 3.05) is 19.0 Å². The van der Waals surface area contributed by atoms with E-state index in [1.165, 1.54) is 12.1 Å². The van der Waals surface area contributed by atoms with E-state index in [9.17, 15) is 4.79 Å². The molecule has 1 aromatic carbocycles. The van der Waals surface area contributed by atoms with Gasteiger partial charge >= 0.3 is 5.97 Å². The van der Waals surface area contributed by atoms with Crippen LogP contribution in [0.5, 0.6) is 0 Å². The molecule has 0 unspecified atom stereocenters. The van der Waals surface area contributed by atoms with E-state index < -0.39 is 5.97 Å². The number of aromatic nitrogens is 1. The Morgan fingerprint density at radius 1 is 1.47 bits per heavy atom. The van der Waals surface area contributed by atoms with Crippen molar-refractivity contribution in [3.63, 3.8) is 0 Å². The summed E-state index contributed by atoms with van der Waals surface area (Å²) in [5.74, 6) is -0.972. The summed E-state index contributed by atoms with van der Waals surface area (Å²) in [7, 11) is 3.62. The fraction of sp³-hybridized carbons (Fsp3) is 0.200. The van der Waals surface area contributed by atoms with Crippen LogP contribution in [-0.4, -0.2) is 30.2 Å². The van der Waals surface area contributed by atoms with Gasteiger partial charge in [0.05, 0.1) is 5.56 Å². The number of fused-ring (bicyclic) bond motifs is 1. The van der Waals surface area contributed by atoms with Gasteiger partial charge in [-0.2, -0.15) is 4.98 Å². The Hall–Kier alpha value is -2.04. The molecule has 0 aliphatic carbocycles. The van der Waals surface area contributed by atoms with Crippen LogP contribution in [0.3, 0.4) is 0 Å². The van der Waals surface area contributed by atoms with Crippen LogP contribution in [-0.2, 0) is 0 Å². The zero-order valence-electron chi connectivity index (χ0n) is 8.39. The number of aromatic carboxylic acids is 1. The fourth-order valence-corrected chi connectivity index (χ4v) is 1.24. The molecular weight excluding hydrogens is 196 g/mol. The van der Waals surface area contributed by atoms with E-state index in [0.717, 1.165) is 0 Å². The molecule has 2 aromatic rings. The van der Waals surface area contributed by atoms with Gasteiger partial charge in [-0.3, -0.25) is 0 Å². The number of hydrogen-bond acceptors (Lipinski definition) is 4. The zero-order chi connectivity index (χ0) is 11.0. The Morgan fingerprint density at radius 2 is 2.20 bits per heavy atom. The Bertz CT molecular complexity index is 516. The van der Waals surface area contributed by atoms with Crippen molar-refractivity contribution in [1.29, 1.82) is 0 Å². The first-order chi connectivity index (χ1) is 7.08. The van der Waals surface area contributed by atoms with Gasteiger partial charge in [0.1, 0.15) is 5.52 Å². The van der Waals surface area contributed by atoms with Crippen LogP contribution in [0.4, 0.5) is 6.01 Å². The van der Waals surface area contributed by atoms with Gasteiger partial charge in [-0.25, -0.2) is 4.79 Å². The quantitative estimate of drug-likeness (QED) is 0.808. The second kappa shape index (κ2) is 3.27. The van der Waals surface area contributed by atoms with Crippen LogP contribution in [0.15, 0.2) is 22.6 Å². The highest BCUT2D eigenvalue weighted by Crippen LogP contribution is 2.21. The third-order valence-electron chi connectivity index (χ3n) is 2.01. The molecule has 0 spiro atoms. The Kier molecular flexibility index (Phi) is 2.07. The number of anilines is 1. The SMILES string of the molecule is CN(C)c1nc2ccc(C(=O)O)cc2o1. The number of nitrogens with zero attached hydrogens (tertiary/aromatic N) is 2. The molecule has 1 N–H and O–H groups in total. The lowest BCUT2D eigenvalue weighted by molar-refractivity contribution is 0.0697. The van der Waals surface area contributed by atoms with E-state index >= 15 is 0 Å². The third kappa shape index (κ3) is 1.63. The summed E-state index contributed by atoms with van der Waals surface area (Å²) in [4.78, 5) is 16.6. The molecular formula is C10H10N2O3. The van der Waals surface area contributed by atoms with E-state index in [1.54, 1.807) is 11.0 Å². The van der Waals surface area contributed by atoms with Crippen LogP contribution < -0.4 is 4.90 Å². The average molecular weight is 206 g/mol. The van der Waals surface area contributed by atoms with E-state index in [-0.39, 0.29) is 5.56 Å². The van der Waals surface area contributed by atoms with Gasteiger partial charge in [-0.05, 0) is 18.2 Å². The second-order valence-corrected chi connectivity index (χ2v) is 3.38. The Labute approximate surface area is 85.9 Å². The molecule has 78 valence electrons. The summed E-state index contributed by atoms with van der Waals surface area (Å²) >= 11 is 0. The summed E-state index contributed by atoms with van der Waals surface area (Å²) in [6.07, 6.45) is 0. The number of benzene rings is 1. The van der Waals surface area contributed by atoms with Crippen LogP contribution >= 0.6 is 0 Å². The number of carboxylic acids is 1. The van der Waals surface area contributed by atoms with E-state index in [1.807, 2.05) is 14.1 Å². The Morgan fingerprint density at radius 3 is 2.80 bits per heavy atom. The predicted octanol–water partition coefficient (Wildman–Crippen LogP) is 1.59. The summed E-state index contributed by atoms with van der Waals surface area (Å²) in [6.45, 7) is 0. The van der Waals surface area contributed by atoms with E-state index in [4.69, 9.17) is 9.52 Å². The van der Waals surface area contributed by atoms with Crippen molar-refractivity contribution < 1.29 is 14.3 Å². The highest BCUT2D eigenvalue weighted by molar-refractivity contribution is 5.92. The molecule has 15 heavy (non-hydrogen) atoms. The molecule has 0 aliphatic heterocycles. The minimum atomic E-state index is -0.972. The molecule has 1 heterocycles. The maximum Gasteiger partial charge on any atom is 0.335 e. The van der Waals surface area contributed by atoms with Gasteiger partial charge in [0.25, 0.3) is 6.01 Å². The molecule has 0 fully saturated rings. The summed E-state index contributed by atoms with van der Waals surface area (Å²) < 4.78 is 5.37. The summed E-state index contributed by atoms with van der Waals surface area (Å²) in [5.41, 5.74) is 1.34. The standard InChI is InChI=1S/C10H10N2O3/c1-12(2)10-11-7-4-3-6(9(13)14)5-8(7)15-10/h3-5H,1-2H3,(H,13,14). The van der Waals surface area contributed by atoms with Gasteiger partial charge in [0.15, 0.2) is 5.58 Å². The van der Waals surface area contributed by atoms with Gasteiger partial charge in [0.2, 0.25) is 0 Å². The van der Waals surface area contributed by atoms with Crippen molar-refractivity contribution in [3.05, 3.63) is 23.8 Å². The van der Waals surface area contributed by atoms with Crippen LogP contribution in [0.25, 0.3) is 11.1 Å². The molecule has 5 nitrogen and oxygen atoms in total. The summed E-state index contributed by atoms with van der Waals surface area (Å²) in [5, 5.41) is 8.79. The largest absolute Gasteiger partial charge is 0.478 e. The molecule has 1 aromatic heterocycles. The van der Waals surface area contributed by atoms with E-state index in [2.05, 4.69) is 4.98 Å². The summed E-state index contributed by atoms with van der Waals surface area (Å²) in [6, 6.07) is 5.08. The van der Waals surface area contributed by atoms with Gasteiger partial charge < -0.3 is 14.4 Å². The zero-order valence-corrected chi connectivity index (χ0v) is 8.39. The first-order valence-corrected chi connectivity index (χ1v) is 4.39. The van der Waals surface area contributed by atoms with Gasteiger partial charge in [-0.1, -0.05) is 0 Å². The number of carboxylic acid groups (broad SMARTS) is 1. The fourth-order valence-electron chi connectivity index (χ4n) is 1.24. The third-order valence-corrected chi connectivity index (χ3v) is 2.01. The maximum atomic E-state index is 10.7. The van der Waals surface area contributed by atoms with Gasteiger partial charge in [-0.15, -0.1) is 0 Å². The number of rotatable bonds is 2. The molecule has 0 saturated carbocycles. The first kappa shape index (κ1) is 9.51. The molecule has 0 radical (unpaired) electrons. The van der Waals surface area contributed by atoms with Gasteiger partial charge in [0, 0.05) is 14.1 Å². The molecule has 0 saturated heterocycles. The van der Waals surface area contributed by atoms with Crippen LogP contribution in [0, 0.1) is 0 Å². The predicted molar refractivity (Wildman–Crippen MR) is 55.3 cm³/mol.